The van der Waals surface area contributed by atoms with Crippen LogP contribution in [0.25, 0.3) is 0 Å². The number of nitrogens with zero attached hydrogens (tertiary/aromatic N) is 1. The maximum atomic E-state index is 12.7. The monoisotopic (exact) mass is 463 g/mol. The van der Waals surface area contributed by atoms with E-state index in [-0.39, 0.29) is 30.3 Å². The Hall–Kier alpha value is -3.76. The number of alkyl halides is 3. The van der Waals surface area contributed by atoms with Gasteiger partial charge in [-0.25, -0.2) is 0 Å². The summed E-state index contributed by atoms with van der Waals surface area (Å²) in [6.07, 6.45) is -4.48. The second-order valence-electron chi connectivity index (χ2n) is 7.60. The van der Waals surface area contributed by atoms with Crippen molar-refractivity contribution in [1.82, 2.24) is 5.32 Å². The van der Waals surface area contributed by atoms with Gasteiger partial charge in [0.15, 0.2) is 11.5 Å². The van der Waals surface area contributed by atoms with Crippen LogP contribution in [-0.2, 0) is 9.59 Å². The molecule has 2 aliphatic rings. The fourth-order valence-corrected chi connectivity index (χ4v) is 3.56. The van der Waals surface area contributed by atoms with Crippen molar-refractivity contribution in [3.05, 3.63) is 48.0 Å². The number of fused-ring (bicyclic) bond motifs is 1. The first-order chi connectivity index (χ1) is 15.7. The van der Waals surface area contributed by atoms with Crippen LogP contribution in [0, 0.1) is 5.92 Å². The maximum Gasteiger partial charge on any atom is 0.405 e. The minimum atomic E-state index is -4.50. The first-order valence-corrected chi connectivity index (χ1v) is 10.2. The van der Waals surface area contributed by atoms with Gasteiger partial charge in [0, 0.05) is 36.0 Å². The highest BCUT2D eigenvalue weighted by molar-refractivity contribution is 6.04. The third kappa shape index (κ3) is 5.36. The highest BCUT2D eigenvalue weighted by atomic mass is 19.4. The van der Waals surface area contributed by atoms with Crippen molar-refractivity contribution in [3.8, 4) is 11.5 Å². The zero-order valence-corrected chi connectivity index (χ0v) is 17.3. The zero-order valence-electron chi connectivity index (χ0n) is 17.3. The van der Waals surface area contributed by atoms with Crippen LogP contribution < -0.4 is 25.0 Å². The molecule has 2 heterocycles. The Bertz CT molecular complexity index is 1070. The SMILES string of the molecule is O=C(NCC(F)(F)F)c1ccc(NC(=O)C2CC(=O)N(c3ccc4c(c3)OCCO4)C2)cc1. The molecule has 1 saturated heterocycles. The molecule has 11 heteroatoms. The number of carbonyl (C=O) groups excluding carboxylic acids is 3. The van der Waals surface area contributed by atoms with E-state index < -0.39 is 24.5 Å². The predicted molar refractivity (Wildman–Crippen MR) is 111 cm³/mol. The Morgan fingerprint density at radius 1 is 1.03 bits per heavy atom. The highest BCUT2D eigenvalue weighted by Crippen LogP contribution is 2.36. The lowest BCUT2D eigenvalue weighted by Crippen LogP contribution is -2.33. The van der Waals surface area contributed by atoms with Crippen LogP contribution in [0.2, 0.25) is 0 Å². The summed E-state index contributed by atoms with van der Waals surface area (Å²) in [6, 6.07) is 10.6. The molecule has 1 fully saturated rings. The second kappa shape index (κ2) is 9.00. The summed E-state index contributed by atoms with van der Waals surface area (Å²) in [4.78, 5) is 38.5. The van der Waals surface area contributed by atoms with Gasteiger partial charge in [-0.1, -0.05) is 0 Å². The van der Waals surface area contributed by atoms with Crippen molar-refractivity contribution in [2.24, 2.45) is 5.92 Å². The van der Waals surface area contributed by atoms with Crippen LogP contribution in [0.15, 0.2) is 42.5 Å². The summed E-state index contributed by atoms with van der Waals surface area (Å²) in [7, 11) is 0. The molecule has 33 heavy (non-hydrogen) atoms. The number of anilines is 2. The van der Waals surface area contributed by atoms with E-state index in [1.165, 1.54) is 29.2 Å². The molecule has 0 bridgehead atoms. The summed E-state index contributed by atoms with van der Waals surface area (Å²) in [5, 5.41) is 4.45. The van der Waals surface area contributed by atoms with Gasteiger partial charge in [-0.15, -0.1) is 0 Å². The molecular formula is C22H20F3N3O5. The molecule has 8 nitrogen and oxygen atoms in total. The average Bonchev–Trinajstić information content (AvgIpc) is 3.19. The van der Waals surface area contributed by atoms with Gasteiger partial charge >= 0.3 is 6.18 Å². The van der Waals surface area contributed by atoms with E-state index >= 15 is 0 Å². The summed E-state index contributed by atoms with van der Waals surface area (Å²) in [5.74, 6) is -0.913. The number of nitrogens with one attached hydrogen (secondary N) is 2. The highest BCUT2D eigenvalue weighted by Gasteiger charge is 2.35. The minimum absolute atomic E-state index is 0.0260. The molecule has 0 aromatic heterocycles. The van der Waals surface area contributed by atoms with E-state index in [1.54, 1.807) is 23.5 Å². The quantitative estimate of drug-likeness (QED) is 0.711. The Kier molecular flexibility index (Phi) is 6.12. The lowest BCUT2D eigenvalue weighted by molar-refractivity contribution is -0.123. The Morgan fingerprint density at radius 3 is 2.42 bits per heavy atom. The molecule has 2 aromatic carbocycles. The van der Waals surface area contributed by atoms with Gasteiger partial charge in [0.1, 0.15) is 19.8 Å². The minimum Gasteiger partial charge on any atom is -0.486 e. The van der Waals surface area contributed by atoms with Gasteiger partial charge in [-0.05, 0) is 36.4 Å². The number of halogens is 3. The molecule has 0 radical (unpaired) electrons. The smallest absolute Gasteiger partial charge is 0.405 e. The summed E-state index contributed by atoms with van der Waals surface area (Å²) < 4.78 is 47.7. The topological polar surface area (TPSA) is 97.0 Å². The van der Waals surface area contributed by atoms with Crippen LogP contribution >= 0.6 is 0 Å². The van der Waals surface area contributed by atoms with Crippen LogP contribution in [0.4, 0.5) is 24.5 Å². The normalized spacial score (nSPS) is 17.6. The number of carbonyl (C=O) groups is 3. The third-order valence-electron chi connectivity index (χ3n) is 5.20. The van der Waals surface area contributed by atoms with E-state index in [2.05, 4.69) is 5.32 Å². The van der Waals surface area contributed by atoms with E-state index in [0.29, 0.717) is 36.1 Å². The van der Waals surface area contributed by atoms with Crippen LogP contribution in [0.3, 0.4) is 0 Å². The summed E-state index contributed by atoms with van der Waals surface area (Å²) in [5.41, 5.74) is 0.990. The Labute approximate surface area is 186 Å². The van der Waals surface area contributed by atoms with Crippen molar-refractivity contribution in [2.45, 2.75) is 12.6 Å². The van der Waals surface area contributed by atoms with E-state index in [1.807, 2.05) is 0 Å². The van der Waals surface area contributed by atoms with Crippen LogP contribution in [0.1, 0.15) is 16.8 Å². The molecule has 2 N–H and O–H groups in total. The number of hydrogen-bond donors (Lipinski definition) is 2. The van der Waals surface area contributed by atoms with Crippen molar-refractivity contribution in [3.63, 3.8) is 0 Å². The summed E-state index contributed by atoms with van der Waals surface area (Å²) in [6.45, 7) is -0.378. The molecule has 4 rings (SSSR count). The van der Waals surface area contributed by atoms with Gasteiger partial charge in [0.25, 0.3) is 5.91 Å². The fraction of sp³-hybridized carbons (Fsp3) is 0.318. The largest absolute Gasteiger partial charge is 0.486 e. The van der Waals surface area contributed by atoms with Gasteiger partial charge in [0.05, 0.1) is 5.92 Å². The van der Waals surface area contributed by atoms with E-state index in [0.717, 1.165) is 0 Å². The maximum absolute atomic E-state index is 12.7. The molecule has 2 aromatic rings. The van der Waals surface area contributed by atoms with Crippen molar-refractivity contribution < 1.29 is 37.0 Å². The number of amides is 3. The van der Waals surface area contributed by atoms with Crippen molar-refractivity contribution in [1.29, 1.82) is 0 Å². The molecule has 3 amide bonds. The first-order valence-electron chi connectivity index (χ1n) is 10.2. The molecule has 1 unspecified atom stereocenters. The molecule has 174 valence electrons. The van der Waals surface area contributed by atoms with Crippen molar-refractivity contribution in [2.75, 3.05) is 36.5 Å². The first kappa shape index (κ1) is 22.4. The Balaban J connectivity index is 1.35. The second-order valence-corrected chi connectivity index (χ2v) is 7.60. The van der Waals surface area contributed by atoms with Gasteiger partial charge in [-0.3, -0.25) is 14.4 Å². The molecule has 0 spiro atoms. The molecule has 0 saturated carbocycles. The number of benzene rings is 2. The lowest BCUT2D eigenvalue weighted by atomic mass is 10.1. The van der Waals surface area contributed by atoms with Gasteiger partial charge < -0.3 is 25.0 Å². The van der Waals surface area contributed by atoms with Crippen LogP contribution in [-0.4, -0.2) is 50.2 Å². The summed E-state index contributed by atoms with van der Waals surface area (Å²) >= 11 is 0. The fourth-order valence-electron chi connectivity index (χ4n) is 3.56. The molecule has 1 atom stereocenters. The average molecular weight is 463 g/mol. The predicted octanol–water partition coefficient (Wildman–Crippen LogP) is 2.74. The zero-order chi connectivity index (χ0) is 23.6. The van der Waals surface area contributed by atoms with Gasteiger partial charge in [0.2, 0.25) is 11.8 Å². The van der Waals surface area contributed by atoms with Gasteiger partial charge in [-0.2, -0.15) is 13.2 Å². The Morgan fingerprint density at radius 2 is 1.73 bits per heavy atom. The van der Waals surface area contributed by atoms with E-state index in [9.17, 15) is 27.6 Å². The standard InChI is InChI=1S/C22H20F3N3O5/c23-22(24,25)12-26-20(30)13-1-3-15(4-2-13)27-21(31)14-9-19(29)28(11-14)16-5-6-17-18(10-16)33-8-7-32-17/h1-6,10,14H,7-9,11-12H2,(H,26,30)(H,27,31). The molecular weight excluding hydrogens is 443 g/mol. The number of ether oxygens (including phenoxy) is 2. The lowest BCUT2D eigenvalue weighted by Gasteiger charge is -2.22. The third-order valence-corrected chi connectivity index (χ3v) is 5.20. The van der Waals surface area contributed by atoms with Crippen LogP contribution in [0.5, 0.6) is 11.5 Å². The molecule has 2 aliphatic heterocycles. The van der Waals surface area contributed by atoms with Crippen molar-refractivity contribution >= 4 is 29.1 Å². The van der Waals surface area contributed by atoms with E-state index in [4.69, 9.17) is 9.47 Å². The molecule has 0 aliphatic carbocycles. The number of rotatable bonds is 5. The number of hydrogen-bond acceptors (Lipinski definition) is 5.